The molecule has 0 aliphatic carbocycles. The third-order valence-electron chi connectivity index (χ3n) is 5.22. The standard InChI is InChI=1S/C25H20N2O8S/c1-15-3-10-19(11-4-15)36(32,33)35-21-12-5-16(14-22(21)34-2)13-20-23(29)26-25(31)27(24(20)30)17-6-8-18(28)9-7-17/h3-14,28H,1-2H3,(H,26,29,31)/b20-13+. The second-order valence-corrected chi connectivity index (χ2v) is 9.28. The molecule has 4 amide bonds. The summed E-state index contributed by atoms with van der Waals surface area (Å²) in [5.41, 5.74) is 1.00. The van der Waals surface area contributed by atoms with E-state index in [1.165, 1.54) is 67.8 Å². The lowest BCUT2D eigenvalue weighted by Gasteiger charge is -2.26. The molecule has 0 bridgehead atoms. The zero-order valence-corrected chi connectivity index (χ0v) is 19.9. The number of phenols is 1. The van der Waals surface area contributed by atoms with Crippen molar-refractivity contribution < 1.29 is 36.8 Å². The van der Waals surface area contributed by atoms with Crippen LogP contribution in [0.3, 0.4) is 0 Å². The highest BCUT2D eigenvalue weighted by Crippen LogP contribution is 2.32. The second kappa shape index (κ2) is 9.55. The Bertz CT molecular complexity index is 1490. The summed E-state index contributed by atoms with van der Waals surface area (Å²) in [7, 11) is -2.84. The summed E-state index contributed by atoms with van der Waals surface area (Å²) in [6.07, 6.45) is 1.23. The Morgan fingerprint density at radius 1 is 0.917 bits per heavy atom. The highest BCUT2D eigenvalue weighted by molar-refractivity contribution is 7.87. The number of hydrogen-bond acceptors (Lipinski definition) is 8. The molecule has 3 aromatic carbocycles. The van der Waals surface area contributed by atoms with E-state index in [1.807, 2.05) is 6.92 Å². The second-order valence-electron chi connectivity index (χ2n) is 7.74. The maximum absolute atomic E-state index is 13.0. The number of carbonyl (C=O) groups is 3. The number of benzene rings is 3. The molecule has 4 rings (SSSR count). The number of phenolic OH excluding ortho intramolecular Hbond substituents is 1. The van der Waals surface area contributed by atoms with E-state index in [0.29, 0.717) is 5.56 Å². The van der Waals surface area contributed by atoms with Gasteiger partial charge in [-0.3, -0.25) is 14.9 Å². The van der Waals surface area contributed by atoms with Crippen molar-refractivity contribution in [2.45, 2.75) is 11.8 Å². The Labute approximate surface area is 206 Å². The maximum Gasteiger partial charge on any atom is 0.339 e. The number of aromatic hydroxyl groups is 1. The minimum atomic E-state index is -4.14. The molecule has 1 aliphatic heterocycles. The molecule has 10 nitrogen and oxygen atoms in total. The molecule has 2 N–H and O–H groups in total. The summed E-state index contributed by atoms with van der Waals surface area (Å²) in [4.78, 5) is 38.4. The first-order chi connectivity index (χ1) is 17.1. The lowest BCUT2D eigenvalue weighted by Crippen LogP contribution is -2.54. The summed E-state index contributed by atoms with van der Waals surface area (Å²) < 4.78 is 35.8. The van der Waals surface area contributed by atoms with Crippen molar-refractivity contribution in [1.82, 2.24) is 5.32 Å². The van der Waals surface area contributed by atoms with E-state index in [-0.39, 0.29) is 33.4 Å². The Hall–Kier alpha value is -4.64. The summed E-state index contributed by atoms with van der Waals surface area (Å²) in [5, 5.41) is 11.6. The van der Waals surface area contributed by atoms with Gasteiger partial charge in [-0.2, -0.15) is 8.42 Å². The molecule has 0 unspecified atom stereocenters. The number of urea groups is 1. The van der Waals surface area contributed by atoms with Gasteiger partial charge in [0.2, 0.25) is 0 Å². The predicted octanol–water partition coefficient (Wildman–Crippen LogP) is 3.14. The zero-order chi connectivity index (χ0) is 26.0. The average Bonchev–Trinajstić information content (AvgIpc) is 2.83. The number of anilines is 1. The predicted molar refractivity (Wildman–Crippen MR) is 129 cm³/mol. The third-order valence-corrected chi connectivity index (χ3v) is 6.47. The fraction of sp³-hybridized carbons (Fsp3) is 0.0800. The zero-order valence-electron chi connectivity index (χ0n) is 19.1. The van der Waals surface area contributed by atoms with Crippen LogP contribution in [0.5, 0.6) is 17.2 Å². The van der Waals surface area contributed by atoms with E-state index in [0.717, 1.165) is 10.5 Å². The van der Waals surface area contributed by atoms with Gasteiger partial charge in [-0.05, 0) is 67.1 Å². The highest BCUT2D eigenvalue weighted by atomic mass is 32.2. The first kappa shape index (κ1) is 24.5. The van der Waals surface area contributed by atoms with Gasteiger partial charge in [0.05, 0.1) is 12.8 Å². The van der Waals surface area contributed by atoms with Crippen molar-refractivity contribution >= 4 is 39.7 Å². The largest absolute Gasteiger partial charge is 0.508 e. The number of aryl methyl sites for hydroxylation is 1. The van der Waals surface area contributed by atoms with Gasteiger partial charge in [0.15, 0.2) is 11.5 Å². The van der Waals surface area contributed by atoms with E-state index >= 15 is 0 Å². The molecule has 0 spiro atoms. The molecule has 1 fully saturated rings. The number of amides is 4. The van der Waals surface area contributed by atoms with Crippen molar-refractivity contribution in [2.75, 3.05) is 12.0 Å². The van der Waals surface area contributed by atoms with Crippen LogP contribution in [0.25, 0.3) is 6.08 Å². The highest BCUT2D eigenvalue weighted by Gasteiger charge is 2.36. The van der Waals surface area contributed by atoms with Gasteiger partial charge in [0.25, 0.3) is 11.8 Å². The van der Waals surface area contributed by atoms with Crippen LogP contribution < -0.4 is 19.1 Å². The normalized spacial score (nSPS) is 15.1. The maximum atomic E-state index is 13.0. The van der Waals surface area contributed by atoms with Crippen molar-refractivity contribution in [3.8, 4) is 17.2 Å². The number of rotatable bonds is 6. The Morgan fingerprint density at radius 2 is 1.58 bits per heavy atom. The van der Waals surface area contributed by atoms with Gasteiger partial charge in [0, 0.05) is 0 Å². The molecule has 0 saturated carbocycles. The number of hydrogen-bond donors (Lipinski definition) is 2. The molecule has 184 valence electrons. The number of barbiturate groups is 1. The number of nitrogens with zero attached hydrogens (tertiary/aromatic N) is 1. The first-order valence-electron chi connectivity index (χ1n) is 10.5. The SMILES string of the molecule is COc1cc(/C=C2\C(=O)NC(=O)N(c3ccc(O)cc3)C2=O)ccc1OS(=O)(=O)c1ccc(C)cc1. The van der Waals surface area contributed by atoms with Crippen LogP contribution in [-0.2, 0) is 19.7 Å². The monoisotopic (exact) mass is 508 g/mol. The molecule has 0 aromatic heterocycles. The smallest absolute Gasteiger partial charge is 0.339 e. The number of nitrogens with one attached hydrogen (secondary N) is 1. The van der Waals surface area contributed by atoms with Gasteiger partial charge in [-0.25, -0.2) is 9.69 Å². The number of imide groups is 2. The summed E-state index contributed by atoms with van der Waals surface area (Å²) in [5.74, 6) is -1.90. The van der Waals surface area contributed by atoms with E-state index in [4.69, 9.17) is 8.92 Å². The average molecular weight is 509 g/mol. The van der Waals surface area contributed by atoms with Crippen LogP contribution in [0.4, 0.5) is 10.5 Å². The summed E-state index contributed by atoms with van der Waals surface area (Å²) in [6, 6.07) is 14.6. The molecular formula is C25H20N2O8S. The number of carbonyl (C=O) groups excluding carboxylic acids is 3. The van der Waals surface area contributed by atoms with Gasteiger partial charge in [-0.1, -0.05) is 23.8 Å². The van der Waals surface area contributed by atoms with E-state index in [9.17, 15) is 27.9 Å². The first-order valence-corrected chi connectivity index (χ1v) is 11.9. The molecule has 1 saturated heterocycles. The molecule has 0 radical (unpaired) electrons. The molecule has 0 atom stereocenters. The van der Waals surface area contributed by atoms with Crippen molar-refractivity contribution in [3.63, 3.8) is 0 Å². The van der Waals surface area contributed by atoms with Crippen molar-refractivity contribution in [2.24, 2.45) is 0 Å². The van der Waals surface area contributed by atoms with Crippen LogP contribution in [0, 0.1) is 6.92 Å². The molecular weight excluding hydrogens is 488 g/mol. The van der Waals surface area contributed by atoms with E-state index in [2.05, 4.69) is 5.32 Å². The van der Waals surface area contributed by atoms with Gasteiger partial charge >= 0.3 is 16.1 Å². The summed E-state index contributed by atoms with van der Waals surface area (Å²) >= 11 is 0. The molecule has 11 heteroatoms. The van der Waals surface area contributed by atoms with Crippen LogP contribution in [0.2, 0.25) is 0 Å². The van der Waals surface area contributed by atoms with Crippen molar-refractivity contribution in [1.29, 1.82) is 0 Å². The quantitative estimate of drug-likeness (QED) is 0.294. The Kier molecular flexibility index (Phi) is 6.49. The van der Waals surface area contributed by atoms with Crippen LogP contribution >= 0.6 is 0 Å². The number of methoxy groups -OCH3 is 1. The lowest BCUT2D eigenvalue weighted by molar-refractivity contribution is -0.122. The van der Waals surface area contributed by atoms with Gasteiger partial charge in [0.1, 0.15) is 16.2 Å². The fourth-order valence-electron chi connectivity index (χ4n) is 3.37. The Morgan fingerprint density at radius 3 is 2.22 bits per heavy atom. The summed E-state index contributed by atoms with van der Waals surface area (Å²) in [6.45, 7) is 1.82. The molecule has 1 aliphatic rings. The Balaban J connectivity index is 1.64. The van der Waals surface area contributed by atoms with Crippen molar-refractivity contribution in [3.05, 3.63) is 83.4 Å². The van der Waals surface area contributed by atoms with E-state index in [1.54, 1.807) is 12.1 Å². The lowest BCUT2D eigenvalue weighted by atomic mass is 10.1. The third kappa shape index (κ3) is 4.91. The fourth-order valence-corrected chi connectivity index (χ4v) is 4.31. The topological polar surface area (TPSA) is 139 Å². The molecule has 3 aromatic rings. The van der Waals surface area contributed by atoms with Gasteiger partial charge < -0.3 is 14.0 Å². The minimum absolute atomic E-state index is 0.0372. The van der Waals surface area contributed by atoms with Gasteiger partial charge in [-0.15, -0.1) is 0 Å². The minimum Gasteiger partial charge on any atom is -0.508 e. The molecule has 36 heavy (non-hydrogen) atoms. The van der Waals surface area contributed by atoms with Crippen LogP contribution in [0.15, 0.2) is 77.2 Å². The molecule has 1 heterocycles. The van der Waals surface area contributed by atoms with Crippen LogP contribution in [-0.4, -0.2) is 38.5 Å². The number of ether oxygens (including phenoxy) is 1. The van der Waals surface area contributed by atoms with E-state index < -0.39 is 28.0 Å². The van der Waals surface area contributed by atoms with Crippen LogP contribution in [0.1, 0.15) is 11.1 Å².